The standard InChI is InChI=1S/C19H22N2O2/c1-19(2)20-16(13-7-6-8-14(11-13)23-3)12-17(21-19)15-9-4-5-10-18(15)22/h4-12,17,20-22H,1-3H3. The Morgan fingerprint density at radius 1 is 1.09 bits per heavy atom. The molecule has 1 aliphatic heterocycles. The third-order valence-electron chi connectivity index (χ3n) is 3.95. The fourth-order valence-corrected chi connectivity index (χ4v) is 2.89. The van der Waals surface area contributed by atoms with E-state index >= 15 is 0 Å². The van der Waals surface area contributed by atoms with Crippen LogP contribution in [0.25, 0.3) is 5.70 Å². The summed E-state index contributed by atoms with van der Waals surface area (Å²) in [5.74, 6) is 1.12. The van der Waals surface area contributed by atoms with Crippen LogP contribution in [-0.4, -0.2) is 17.9 Å². The molecule has 3 N–H and O–H groups in total. The first kappa shape index (κ1) is 15.4. The molecule has 0 bridgehead atoms. The first-order valence-electron chi connectivity index (χ1n) is 7.68. The third kappa shape index (κ3) is 3.32. The molecule has 0 radical (unpaired) electrons. The van der Waals surface area contributed by atoms with E-state index in [-0.39, 0.29) is 11.7 Å². The smallest absolute Gasteiger partial charge is 0.120 e. The zero-order valence-electron chi connectivity index (χ0n) is 13.6. The van der Waals surface area contributed by atoms with Gasteiger partial charge in [-0.05, 0) is 38.1 Å². The molecule has 4 heteroatoms. The number of phenolic OH excluding ortho intramolecular Hbond substituents is 1. The Morgan fingerprint density at radius 3 is 2.61 bits per heavy atom. The van der Waals surface area contributed by atoms with Gasteiger partial charge in [-0.1, -0.05) is 30.3 Å². The largest absolute Gasteiger partial charge is 0.508 e. The van der Waals surface area contributed by atoms with Crippen molar-refractivity contribution in [3.63, 3.8) is 0 Å². The Labute approximate surface area is 136 Å². The van der Waals surface area contributed by atoms with Crippen LogP contribution in [0.1, 0.15) is 31.0 Å². The number of phenols is 1. The molecule has 0 fully saturated rings. The summed E-state index contributed by atoms with van der Waals surface area (Å²) >= 11 is 0. The lowest BCUT2D eigenvalue weighted by Crippen LogP contribution is -2.54. The van der Waals surface area contributed by atoms with Crippen LogP contribution in [0.5, 0.6) is 11.5 Å². The lowest BCUT2D eigenvalue weighted by Gasteiger charge is -2.38. The van der Waals surface area contributed by atoms with Gasteiger partial charge in [0.05, 0.1) is 18.8 Å². The van der Waals surface area contributed by atoms with Gasteiger partial charge in [-0.2, -0.15) is 0 Å². The van der Waals surface area contributed by atoms with Crippen molar-refractivity contribution in [3.8, 4) is 11.5 Å². The highest BCUT2D eigenvalue weighted by Crippen LogP contribution is 2.32. The lowest BCUT2D eigenvalue weighted by molar-refractivity contribution is 0.313. The molecule has 23 heavy (non-hydrogen) atoms. The molecular weight excluding hydrogens is 288 g/mol. The number of para-hydroxylation sites is 1. The summed E-state index contributed by atoms with van der Waals surface area (Å²) in [6, 6.07) is 15.3. The molecular formula is C19H22N2O2. The van der Waals surface area contributed by atoms with Crippen molar-refractivity contribution in [1.29, 1.82) is 0 Å². The maximum absolute atomic E-state index is 10.2. The number of ether oxygens (including phenoxy) is 1. The second-order valence-corrected chi connectivity index (χ2v) is 6.24. The van der Waals surface area contributed by atoms with E-state index in [1.807, 2.05) is 42.5 Å². The molecule has 0 saturated carbocycles. The van der Waals surface area contributed by atoms with E-state index in [0.29, 0.717) is 5.75 Å². The van der Waals surface area contributed by atoms with Crippen LogP contribution < -0.4 is 15.4 Å². The molecule has 4 nitrogen and oxygen atoms in total. The molecule has 1 aliphatic rings. The van der Waals surface area contributed by atoms with Gasteiger partial charge in [0, 0.05) is 16.8 Å². The van der Waals surface area contributed by atoms with Gasteiger partial charge < -0.3 is 15.2 Å². The normalized spacial score (nSPS) is 19.6. The van der Waals surface area contributed by atoms with Gasteiger partial charge in [0.15, 0.2) is 0 Å². The summed E-state index contributed by atoms with van der Waals surface area (Å²) < 4.78 is 5.32. The van der Waals surface area contributed by atoms with Crippen molar-refractivity contribution in [2.24, 2.45) is 0 Å². The van der Waals surface area contributed by atoms with Gasteiger partial charge in [-0.15, -0.1) is 0 Å². The Hall–Kier alpha value is -2.46. The minimum absolute atomic E-state index is 0.0753. The van der Waals surface area contributed by atoms with Crippen LogP contribution in [0.3, 0.4) is 0 Å². The molecule has 0 saturated heterocycles. The third-order valence-corrected chi connectivity index (χ3v) is 3.95. The number of benzene rings is 2. The lowest BCUT2D eigenvalue weighted by atomic mass is 9.96. The second kappa shape index (κ2) is 5.97. The fourth-order valence-electron chi connectivity index (χ4n) is 2.89. The topological polar surface area (TPSA) is 53.5 Å². The van der Waals surface area contributed by atoms with Crippen molar-refractivity contribution in [1.82, 2.24) is 10.6 Å². The average molecular weight is 310 g/mol. The predicted molar refractivity (Wildman–Crippen MR) is 92.2 cm³/mol. The highest BCUT2D eigenvalue weighted by atomic mass is 16.5. The molecule has 0 aromatic heterocycles. The Balaban J connectivity index is 2.03. The van der Waals surface area contributed by atoms with Gasteiger partial charge in [0.2, 0.25) is 0 Å². The van der Waals surface area contributed by atoms with Crippen LogP contribution in [0.4, 0.5) is 0 Å². The molecule has 1 atom stereocenters. The highest BCUT2D eigenvalue weighted by Gasteiger charge is 2.29. The number of nitrogens with one attached hydrogen (secondary N) is 2. The maximum Gasteiger partial charge on any atom is 0.120 e. The number of hydrogen-bond acceptors (Lipinski definition) is 4. The van der Waals surface area contributed by atoms with E-state index < -0.39 is 0 Å². The summed E-state index contributed by atoms with van der Waals surface area (Å²) in [6.07, 6.45) is 2.09. The summed E-state index contributed by atoms with van der Waals surface area (Å²) in [7, 11) is 1.66. The van der Waals surface area contributed by atoms with Crippen molar-refractivity contribution >= 4 is 5.70 Å². The molecule has 1 heterocycles. The summed E-state index contributed by atoms with van der Waals surface area (Å²) in [6.45, 7) is 4.15. The zero-order chi connectivity index (χ0) is 16.4. The van der Waals surface area contributed by atoms with Crippen molar-refractivity contribution < 1.29 is 9.84 Å². The second-order valence-electron chi connectivity index (χ2n) is 6.24. The van der Waals surface area contributed by atoms with Crippen LogP contribution in [-0.2, 0) is 0 Å². The zero-order valence-corrected chi connectivity index (χ0v) is 13.6. The fraction of sp³-hybridized carbons (Fsp3) is 0.263. The monoisotopic (exact) mass is 310 g/mol. The van der Waals surface area contributed by atoms with E-state index in [9.17, 15) is 5.11 Å². The van der Waals surface area contributed by atoms with Crippen LogP contribution in [0.15, 0.2) is 54.6 Å². The highest BCUT2D eigenvalue weighted by molar-refractivity contribution is 5.68. The van der Waals surface area contributed by atoms with Gasteiger partial charge >= 0.3 is 0 Å². The molecule has 0 aliphatic carbocycles. The quantitative estimate of drug-likeness (QED) is 0.813. The number of methoxy groups -OCH3 is 1. The molecule has 0 spiro atoms. The van der Waals surface area contributed by atoms with E-state index in [1.165, 1.54) is 0 Å². The van der Waals surface area contributed by atoms with Gasteiger partial charge in [-0.25, -0.2) is 0 Å². The van der Waals surface area contributed by atoms with Gasteiger partial charge in [0.25, 0.3) is 0 Å². The summed E-state index contributed by atoms with van der Waals surface area (Å²) in [5.41, 5.74) is 2.63. The minimum Gasteiger partial charge on any atom is -0.508 e. The van der Waals surface area contributed by atoms with Crippen LogP contribution >= 0.6 is 0 Å². The van der Waals surface area contributed by atoms with E-state index in [0.717, 1.165) is 22.6 Å². The van der Waals surface area contributed by atoms with E-state index in [4.69, 9.17) is 4.74 Å². The maximum atomic E-state index is 10.2. The number of hydrogen-bond donors (Lipinski definition) is 3. The SMILES string of the molecule is COc1cccc(C2=CC(c3ccccc3O)NC(C)(C)N2)c1. The molecule has 120 valence electrons. The molecule has 2 aromatic rings. The molecule has 3 rings (SSSR count). The first-order valence-corrected chi connectivity index (χ1v) is 7.68. The van der Waals surface area contributed by atoms with Gasteiger partial charge in [-0.3, -0.25) is 5.32 Å². The summed E-state index contributed by atoms with van der Waals surface area (Å²) in [5, 5.41) is 17.2. The molecule has 0 amide bonds. The van der Waals surface area contributed by atoms with Crippen molar-refractivity contribution in [3.05, 3.63) is 65.7 Å². The van der Waals surface area contributed by atoms with Crippen LogP contribution in [0.2, 0.25) is 0 Å². The number of rotatable bonds is 3. The Kier molecular flexibility index (Phi) is 4.01. The first-order chi connectivity index (χ1) is 11.0. The molecule has 1 unspecified atom stereocenters. The predicted octanol–water partition coefficient (Wildman–Crippen LogP) is 3.41. The van der Waals surface area contributed by atoms with Gasteiger partial charge in [0.1, 0.15) is 11.5 Å². The van der Waals surface area contributed by atoms with Crippen LogP contribution in [0, 0.1) is 0 Å². The Morgan fingerprint density at radius 2 is 1.87 bits per heavy atom. The molecule has 2 aromatic carbocycles. The Bertz CT molecular complexity index is 738. The van der Waals surface area contributed by atoms with E-state index in [1.54, 1.807) is 13.2 Å². The average Bonchev–Trinajstić information content (AvgIpc) is 2.54. The number of aromatic hydroxyl groups is 1. The summed E-state index contributed by atoms with van der Waals surface area (Å²) in [4.78, 5) is 0. The van der Waals surface area contributed by atoms with Crippen molar-refractivity contribution in [2.75, 3.05) is 7.11 Å². The minimum atomic E-state index is -0.305. The van der Waals surface area contributed by atoms with Crippen molar-refractivity contribution in [2.45, 2.75) is 25.6 Å². The van der Waals surface area contributed by atoms with E-state index in [2.05, 4.69) is 30.6 Å².